The first-order chi connectivity index (χ1) is 13.9. The minimum Gasteiger partial charge on any atom is -0.305 e. The van der Waals surface area contributed by atoms with Gasteiger partial charge in [0, 0.05) is 17.3 Å². The highest BCUT2D eigenvalue weighted by Crippen LogP contribution is 2.35. The first kappa shape index (κ1) is 19.2. The van der Waals surface area contributed by atoms with Crippen LogP contribution in [0.1, 0.15) is 28.4 Å². The van der Waals surface area contributed by atoms with E-state index in [1.807, 2.05) is 44.2 Å². The van der Waals surface area contributed by atoms with Gasteiger partial charge in [0.1, 0.15) is 0 Å². The number of carbonyl (C=O) groups is 1. The van der Waals surface area contributed by atoms with Crippen molar-refractivity contribution in [2.24, 2.45) is 0 Å². The summed E-state index contributed by atoms with van der Waals surface area (Å²) in [6.07, 6.45) is 0.613. The van der Waals surface area contributed by atoms with Crippen molar-refractivity contribution in [3.8, 4) is 0 Å². The van der Waals surface area contributed by atoms with E-state index in [1.165, 1.54) is 0 Å². The number of carbonyl (C=O) groups excluding carboxylic acids is 1. The Morgan fingerprint density at radius 2 is 1.69 bits per heavy atom. The number of para-hydroxylation sites is 1. The van der Waals surface area contributed by atoms with Crippen LogP contribution in [0.3, 0.4) is 0 Å². The molecule has 1 atom stereocenters. The van der Waals surface area contributed by atoms with Crippen molar-refractivity contribution in [1.29, 1.82) is 0 Å². The van der Waals surface area contributed by atoms with E-state index in [9.17, 15) is 13.2 Å². The first-order valence-electron chi connectivity index (χ1n) is 9.47. The van der Waals surface area contributed by atoms with Crippen LogP contribution in [0, 0.1) is 6.92 Å². The molecule has 5 nitrogen and oxygen atoms in total. The molecule has 0 saturated heterocycles. The Balaban J connectivity index is 1.65. The van der Waals surface area contributed by atoms with Crippen LogP contribution in [-0.2, 0) is 16.4 Å². The molecule has 0 aromatic heterocycles. The van der Waals surface area contributed by atoms with E-state index >= 15 is 0 Å². The van der Waals surface area contributed by atoms with E-state index in [-0.39, 0.29) is 16.8 Å². The molecule has 3 aromatic carbocycles. The second kappa shape index (κ2) is 7.37. The maximum Gasteiger partial charge on any atom is 0.261 e. The molecule has 1 aliphatic rings. The number of hydrogen-bond acceptors (Lipinski definition) is 3. The summed E-state index contributed by atoms with van der Waals surface area (Å²) in [5, 5.41) is 0. The summed E-state index contributed by atoms with van der Waals surface area (Å²) in [6, 6.07) is 21.3. The van der Waals surface area contributed by atoms with E-state index < -0.39 is 10.0 Å². The summed E-state index contributed by atoms with van der Waals surface area (Å²) >= 11 is 0. The van der Waals surface area contributed by atoms with Crippen LogP contribution < -0.4 is 9.62 Å². The molecule has 0 saturated carbocycles. The van der Waals surface area contributed by atoms with Gasteiger partial charge >= 0.3 is 0 Å². The molecule has 0 radical (unpaired) electrons. The molecule has 0 fully saturated rings. The van der Waals surface area contributed by atoms with Crippen molar-refractivity contribution in [3.05, 3.63) is 89.5 Å². The monoisotopic (exact) mass is 406 g/mol. The van der Waals surface area contributed by atoms with Crippen LogP contribution in [0.25, 0.3) is 0 Å². The molecule has 4 rings (SSSR count). The molecule has 0 aliphatic carbocycles. The number of amides is 1. The van der Waals surface area contributed by atoms with Gasteiger partial charge in [-0.1, -0.05) is 36.4 Å². The third-order valence-electron chi connectivity index (χ3n) is 5.21. The SMILES string of the molecule is Cc1ccccc1NS(=O)(=O)c1ccc2c(c1)C[C@@H](C)N2C(=O)c1ccccc1. The number of fused-ring (bicyclic) bond motifs is 1. The molecule has 0 bridgehead atoms. The highest BCUT2D eigenvalue weighted by molar-refractivity contribution is 7.92. The lowest BCUT2D eigenvalue weighted by atomic mass is 10.1. The lowest BCUT2D eigenvalue weighted by Gasteiger charge is -2.23. The van der Waals surface area contributed by atoms with E-state index in [4.69, 9.17) is 0 Å². The number of nitrogens with one attached hydrogen (secondary N) is 1. The third-order valence-corrected chi connectivity index (χ3v) is 6.57. The third kappa shape index (κ3) is 3.63. The van der Waals surface area contributed by atoms with Crippen molar-refractivity contribution in [2.45, 2.75) is 31.2 Å². The van der Waals surface area contributed by atoms with E-state index in [2.05, 4.69) is 4.72 Å². The molecule has 1 heterocycles. The van der Waals surface area contributed by atoms with E-state index in [0.29, 0.717) is 17.7 Å². The summed E-state index contributed by atoms with van der Waals surface area (Å²) < 4.78 is 28.4. The molecule has 29 heavy (non-hydrogen) atoms. The summed E-state index contributed by atoms with van der Waals surface area (Å²) in [6.45, 7) is 3.83. The van der Waals surface area contributed by atoms with Crippen LogP contribution in [0.15, 0.2) is 77.7 Å². The molecule has 0 unspecified atom stereocenters. The zero-order valence-electron chi connectivity index (χ0n) is 16.3. The largest absolute Gasteiger partial charge is 0.305 e. The highest BCUT2D eigenvalue weighted by atomic mass is 32.2. The van der Waals surface area contributed by atoms with Crippen molar-refractivity contribution in [2.75, 3.05) is 9.62 Å². The van der Waals surface area contributed by atoms with Crippen molar-refractivity contribution in [1.82, 2.24) is 0 Å². The molecule has 1 aliphatic heterocycles. The lowest BCUT2D eigenvalue weighted by molar-refractivity contribution is 0.0981. The number of benzene rings is 3. The number of hydrogen-bond donors (Lipinski definition) is 1. The molecular weight excluding hydrogens is 384 g/mol. The van der Waals surface area contributed by atoms with Gasteiger partial charge in [-0.3, -0.25) is 9.52 Å². The van der Waals surface area contributed by atoms with Crippen LogP contribution in [-0.4, -0.2) is 20.4 Å². The molecule has 1 amide bonds. The number of rotatable bonds is 4. The van der Waals surface area contributed by atoms with Gasteiger partial charge in [0.25, 0.3) is 15.9 Å². The number of aryl methyl sites for hydroxylation is 1. The van der Waals surface area contributed by atoms with Crippen molar-refractivity contribution in [3.63, 3.8) is 0 Å². The predicted molar refractivity (Wildman–Crippen MR) is 115 cm³/mol. The van der Waals surface area contributed by atoms with Crippen molar-refractivity contribution >= 4 is 27.3 Å². The number of nitrogens with zero attached hydrogens (tertiary/aromatic N) is 1. The van der Waals surface area contributed by atoms with Crippen LogP contribution in [0.5, 0.6) is 0 Å². The summed E-state index contributed by atoms with van der Waals surface area (Å²) in [4.78, 5) is 14.9. The smallest absolute Gasteiger partial charge is 0.261 e. The summed E-state index contributed by atoms with van der Waals surface area (Å²) in [7, 11) is -3.72. The van der Waals surface area contributed by atoms with Gasteiger partial charge in [-0.15, -0.1) is 0 Å². The average molecular weight is 407 g/mol. The fraction of sp³-hybridized carbons (Fsp3) is 0.174. The van der Waals surface area contributed by atoms with Gasteiger partial charge in [0.2, 0.25) is 0 Å². The van der Waals surface area contributed by atoms with Crippen molar-refractivity contribution < 1.29 is 13.2 Å². The zero-order chi connectivity index (χ0) is 20.6. The maximum absolute atomic E-state index is 13.0. The zero-order valence-corrected chi connectivity index (χ0v) is 17.1. The van der Waals surface area contributed by atoms with Gasteiger partial charge in [-0.25, -0.2) is 8.42 Å². The number of anilines is 2. The highest BCUT2D eigenvalue weighted by Gasteiger charge is 2.32. The topological polar surface area (TPSA) is 66.5 Å². The Hall–Kier alpha value is -3.12. The molecule has 1 N–H and O–H groups in total. The Labute approximate surface area is 171 Å². The molecular formula is C23H22N2O3S. The Morgan fingerprint density at radius 1 is 1.00 bits per heavy atom. The molecule has 3 aromatic rings. The standard InChI is InChI=1S/C23H22N2O3S/c1-16-8-6-7-11-21(16)24-29(27,28)20-12-13-22-19(15-20)14-17(2)25(22)23(26)18-9-4-3-5-10-18/h3-13,15,17,24H,14H2,1-2H3/t17-/m1/s1. The number of sulfonamides is 1. The Morgan fingerprint density at radius 3 is 2.41 bits per heavy atom. The second-order valence-electron chi connectivity index (χ2n) is 7.31. The normalized spacial score (nSPS) is 15.8. The van der Waals surface area contributed by atoms with Crippen LogP contribution in [0.4, 0.5) is 11.4 Å². The van der Waals surface area contributed by atoms with Gasteiger partial charge in [-0.05, 0) is 67.8 Å². The van der Waals surface area contributed by atoms with E-state index in [1.54, 1.807) is 47.4 Å². The lowest BCUT2D eigenvalue weighted by Crippen LogP contribution is -2.35. The molecule has 6 heteroatoms. The fourth-order valence-electron chi connectivity index (χ4n) is 3.70. The Kier molecular flexibility index (Phi) is 4.88. The summed E-state index contributed by atoms with van der Waals surface area (Å²) in [5.74, 6) is -0.0782. The van der Waals surface area contributed by atoms with Gasteiger partial charge in [-0.2, -0.15) is 0 Å². The van der Waals surface area contributed by atoms with Gasteiger partial charge < -0.3 is 4.90 Å². The van der Waals surface area contributed by atoms with Gasteiger partial charge in [0.05, 0.1) is 10.6 Å². The minimum absolute atomic E-state index is 0.0417. The maximum atomic E-state index is 13.0. The fourth-order valence-corrected chi connectivity index (χ4v) is 4.88. The van der Waals surface area contributed by atoms with Crippen LogP contribution in [0.2, 0.25) is 0 Å². The van der Waals surface area contributed by atoms with Crippen LogP contribution >= 0.6 is 0 Å². The predicted octanol–water partition coefficient (Wildman–Crippen LogP) is 4.39. The second-order valence-corrected chi connectivity index (χ2v) is 8.99. The van der Waals surface area contributed by atoms with E-state index in [0.717, 1.165) is 16.8 Å². The quantitative estimate of drug-likeness (QED) is 0.699. The minimum atomic E-state index is -3.72. The average Bonchev–Trinajstić information content (AvgIpc) is 3.04. The Bertz CT molecular complexity index is 1170. The first-order valence-corrected chi connectivity index (χ1v) is 10.9. The molecule has 148 valence electrons. The molecule has 0 spiro atoms. The summed E-state index contributed by atoms with van der Waals surface area (Å²) in [5.41, 5.74) is 3.65. The van der Waals surface area contributed by atoms with Gasteiger partial charge in [0.15, 0.2) is 0 Å².